The first-order valence-electron chi connectivity index (χ1n) is 31.8. The van der Waals surface area contributed by atoms with E-state index >= 15 is 0 Å². The maximum Gasteiger partial charge on any atom is 0.306 e. The Hall–Kier alpha value is -4.71. The van der Waals surface area contributed by atoms with Crippen molar-refractivity contribution in [2.45, 2.75) is 277 Å². The van der Waals surface area contributed by atoms with Crippen LogP contribution in [0.3, 0.4) is 0 Å². The monoisotopic (exact) mass is 1080 g/mol. The van der Waals surface area contributed by atoms with Gasteiger partial charge in [0.05, 0.1) is 0 Å². The van der Waals surface area contributed by atoms with Crippen LogP contribution in [0, 0.1) is 0 Å². The molecule has 0 aromatic rings. The molecule has 78 heavy (non-hydrogen) atoms. The van der Waals surface area contributed by atoms with Crippen molar-refractivity contribution in [2.75, 3.05) is 13.2 Å². The summed E-state index contributed by atoms with van der Waals surface area (Å²) in [5.74, 6) is -0.931. The summed E-state index contributed by atoms with van der Waals surface area (Å²) < 4.78 is 16.9. The Bertz CT molecular complexity index is 1710. The van der Waals surface area contributed by atoms with Gasteiger partial charge in [-0.1, -0.05) is 256 Å². The van der Waals surface area contributed by atoms with Gasteiger partial charge in [-0.05, 0) is 141 Å². The molecule has 1 atom stereocenters. The molecule has 0 saturated carbocycles. The summed E-state index contributed by atoms with van der Waals surface area (Å²) in [4.78, 5) is 38.3. The van der Waals surface area contributed by atoms with Crippen LogP contribution < -0.4 is 0 Å². The Labute approximate surface area is 480 Å². The van der Waals surface area contributed by atoms with Crippen molar-refractivity contribution >= 4 is 17.9 Å². The number of unbranched alkanes of at least 4 members (excludes halogenated alkanes) is 21. The van der Waals surface area contributed by atoms with Crippen molar-refractivity contribution in [3.8, 4) is 0 Å². The molecule has 0 N–H and O–H groups in total. The molecular formula is C72H116O6. The summed E-state index contributed by atoms with van der Waals surface area (Å²) in [6.45, 7) is 6.36. The van der Waals surface area contributed by atoms with Crippen LogP contribution in [0.2, 0.25) is 0 Å². The van der Waals surface area contributed by atoms with Gasteiger partial charge in [-0.3, -0.25) is 14.4 Å². The molecule has 0 aliphatic rings. The van der Waals surface area contributed by atoms with Gasteiger partial charge in [0.1, 0.15) is 13.2 Å². The predicted octanol–water partition coefficient (Wildman–Crippen LogP) is 21.9. The number of rotatable bonds is 56. The number of ether oxygens (including phenoxy) is 3. The fraction of sp³-hybridized carbons (Fsp3) is 0.625. The number of hydrogen-bond acceptors (Lipinski definition) is 6. The second-order valence-corrected chi connectivity index (χ2v) is 20.5. The summed E-state index contributed by atoms with van der Waals surface area (Å²) in [5, 5.41) is 0. The number of hydrogen-bond donors (Lipinski definition) is 0. The Kier molecular flexibility index (Phi) is 60.9. The third-order valence-electron chi connectivity index (χ3n) is 13.1. The molecule has 0 aliphatic heterocycles. The van der Waals surface area contributed by atoms with Crippen LogP contribution in [0.5, 0.6) is 0 Å². The largest absolute Gasteiger partial charge is 0.462 e. The molecule has 1 unspecified atom stereocenters. The molecule has 0 aliphatic carbocycles. The van der Waals surface area contributed by atoms with Crippen LogP contribution in [0.1, 0.15) is 271 Å². The average Bonchev–Trinajstić information content (AvgIpc) is 3.44. The zero-order valence-electron chi connectivity index (χ0n) is 50.4. The van der Waals surface area contributed by atoms with E-state index in [-0.39, 0.29) is 31.1 Å². The highest BCUT2D eigenvalue weighted by Crippen LogP contribution is 2.14. The van der Waals surface area contributed by atoms with Crippen molar-refractivity contribution in [1.29, 1.82) is 0 Å². The van der Waals surface area contributed by atoms with Crippen molar-refractivity contribution in [3.63, 3.8) is 0 Å². The van der Waals surface area contributed by atoms with E-state index in [1.807, 2.05) is 0 Å². The second kappa shape index (κ2) is 64.8. The Morgan fingerprint density at radius 1 is 0.269 bits per heavy atom. The van der Waals surface area contributed by atoms with Gasteiger partial charge in [0.2, 0.25) is 0 Å². The maximum absolute atomic E-state index is 12.9. The van der Waals surface area contributed by atoms with E-state index in [1.165, 1.54) is 70.6 Å². The van der Waals surface area contributed by atoms with Crippen LogP contribution in [-0.2, 0) is 28.6 Å². The van der Waals surface area contributed by atoms with Crippen LogP contribution in [-0.4, -0.2) is 37.2 Å². The van der Waals surface area contributed by atoms with E-state index in [0.29, 0.717) is 19.3 Å². The summed E-state index contributed by atoms with van der Waals surface area (Å²) in [6, 6.07) is 0. The molecule has 6 nitrogen and oxygen atoms in total. The summed E-state index contributed by atoms with van der Waals surface area (Å²) in [5.41, 5.74) is 0. The van der Waals surface area contributed by atoms with E-state index in [4.69, 9.17) is 14.2 Å². The maximum atomic E-state index is 12.9. The van der Waals surface area contributed by atoms with E-state index in [0.717, 1.165) is 161 Å². The molecule has 0 aromatic carbocycles. The zero-order valence-corrected chi connectivity index (χ0v) is 50.4. The minimum Gasteiger partial charge on any atom is -0.462 e. The van der Waals surface area contributed by atoms with Crippen LogP contribution >= 0.6 is 0 Å². The molecule has 0 heterocycles. The molecule has 0 aromatic heterocycles. The van der Waals surface area contributed by atoms with Crippen molar-refractivity contribution in [2.24, 2.45) is 0 Å². The molecule has 0 rings (SSSR count). The molecule has 0 spiro atoms. The first-order chi connectivity index (χ1) is 38.5. The van der Waals surface area contributed by atoms with Gasteiger partial charge in [-0.15, -0.1) is 0 Å². The van der Waals surface area contributed by atoms with Gasteiger partial charge in [0, 0.05) is 19.3 Å². The number of carbonyl (C=O) groups excluding carboxylic acids is 3. The normalized spacial score (nSPS) is 13.1. The highest BCUT2D eigenvalue weighted by molar-refractivity contribution is 5.71. The predicted molar refractivity (Wildman–Crippen MR) is 339 cm³/mol. The highest BCUT2D eigenvalue weighted by Gasteiger charge is 2.19. The van der Waals surface area contributed by atoms with E-state index in [1.54, 1.807) is 0 Å². The van der Waals surface area contributed by atoms with Crippen molar-refractivity contribution in [3.05, 3.63) is 146 Å². The van der Waals surface area contributed by atoms with Gasteiger partial charge in [-0.2, -0.15) is 0 Å². The Balaban J connectivity index is 4.37. The quantitative estimate of drug-likeness (QED) is 0.0261. The lowest BCUT2D eigenvalue weighted by Gasteiger charge is -2.18. The van der Waals surface area contributed by atoms with Gasteiger partial charge in [-0.25, -0.2) is 0 Å². The Morgan fingerprint density at radius 3 is 0.795 bits per heavy atom. The van der Waals surface area contributed by atoms with Gasteiger partial charge in [0.15, 0.2) is 6.10 Å². The number of allylic oxidation sites excluding steroid dienone is 24. The van der Waals surface area contributed by atoms with E-state index in [9.17, 15) is 14.4 Å². The van der Waals surface area contributed by atoms with Gasteiger partial charge in [0.25, 0.3) is 0 Å². The number of carbonyl (C=O) groups is 3. The van der Waals surface area contributed by atoms with Crippen LogP contribution in [0.25, 0.3) is 0 Å². The molecule has 0 bridgehead atoms. The second-order valence-electron chi connectivity index (χ2n) is 20.5. The molecule has 0 saturated heterocycles. The third-order valence-corrected chi connectivity index (χ3v) is 13.1. The summed E-state index contributed by atoms with van der Waals surface area (Å²) in [6.07, 6.45) is 92.7. The first-order valence-corrected chi connectivity index (χ1v) is 31.8. The standard InChI is InChI=1S/C72H116O6/c1-4-7-10-13-16-19-22-25-27-29-31-32-33-34-35-36-37-38-39-40-42-43-45-47-50-53-56-59-62-65-71(74)77-68-69(67-76-70(73)64-61-58-55-52-49-24-21-18-15-12-9-6-3)78-72(75)66-63-60-57-54-51-48-46-44-41-30-28-26-23-20-17-14-11-8-5-2/h7-8,10-11,16-21,25-28,31-32,34-35,37-38,40-42,44,69H,4-6,9,12-15,22-24,29-30,33,36,39,43,45-68H2,1-3H3/b10-7-,11-8-,19-16-,20-17-,21-18-,27-25-,28-26-,32-31-,35-34-,38-37-,42-40-,44-41-. The topological polar surface area (TPSA) is 78.9 Å². The molecular weight excluding hydrogens is 961 g/mol. The highest BCUT2D eigenvalue weighted by atomic mass is 16.6. The Morgan fingerprint density at radius 2 is 0.500 bits per heavy atom. The molecule has 440 valence electrons. The fourth-order valence-corrected chi connectivity index (χ4v) is 8.35. The smallest absolute Gasteiger partial charge is 0.306 e. The van der Waals surface area contributed by atoms with E-state index in [2.05, 4.69) is 167 Å². The number of esters is 3. The minimum absolute atomic E-state index is 0.0962. The average molecular weight is 1080 g/mol. The molecule has 0 fully saturated rings. The minimum atomic E-state index is -0.801. The first kappa shape index (κ1) is 73.3. The summed E-state index contributed by atoms with van der Waals surface area (Å²) >= 11 is 0. The lowest BCUT2D eigenvalue weighted by Crippen LogP contribution is -2.30. The van der Waals surface area contributed by atoms with Crippen LogP contribution in [0.4, 0.5) is 0 Å². The van der Waals surface area contributed by atoms with E-state index < -0.39 is 6.10 Å². The zero-order chi connectivity index (χ0) is 56.4. The van der Waals surface area contributed by atoms with Gasteiger partial charge < -0.3 is 14.2 Å². The van der Waals surface area contributed by atoms with Gasteiger partial charge >= 0.3 is 17.9 Å². The van der Waals surface area contributed by atoms with Crippen molar-refractivity contribution < 1.29 is 28.6 Å². The van der Waals surface area contributed by atoms with Crippen molar-refractivity contribution in [1.82, 2.24) is 0 Å². The lowest BCUT2D eigenvalue weighted by atomic mass is 10.1. The fourth-order valence-electron chi connectivity index (χ4n) is 8.35. The third kappa shape index (κ3) is 62.1. The summed E-state index contributed by atoms with van der Waals surface area (Å²) in [7, 11) is 0. The van der Waals surface area contributed by atoms with Crippen LogP contribution in [0.15, 0.2) is 146 Å². The molecule has 0 radical (unpaired) electrons. The SMILES string of the molecule is CC/C=C\C/C=C\C/C=C\C/C=C\C/C=C\C/C=C\C/C=C\CCCCCCCCCC(=O)OCC(COC(=O)CCCCCCC/C=C\CCCCC)OC(=O)CCCCCCCC/C=C\C/C=C\C/C=C\C/C=C\CC. The molecule has 6 heteroatoms. The lowest BCUT2D eigenvalue weighted by molar-refractivity contribution is -0.167. The molecule has 0 amide bonds.